The van der Waals surface area contributed by atoms with E-state index in [1.807, 2.05) is 6.26 Å². The molecule has 1 aliphatic heterocycles. The van der Waals surface area contributed by atoms with Crippen molar-refractivity contribution in [2.24, 2.45) is 0 Å². The van der Waals surface area contributed by atoms with Crippen molar-refractivity contribution in [3.63, 3.8) is 0 Å². The molecule has 1 unspecified atom stereocenters. The number of hydrogen-bond acceptors (Lipinski definition) is 2. The van der Waals surface area contributed by atoms with Crippen molar-refractivity contribution in [2.75, 3.05) is 13.2 Å². The normalized spacial score (nSPS) is 16.7. The van der Waals surface area contributed by atoms with E-state index >= 15 is 0 Å². The first-order valence-electron chi connectivity index (χ1n) is 6.71. The van der Waals surface area contributed by atoms with Crippen molar-refractivity contribution in [3.8, 4) is 0 Å². The van der Waals surface area contributed by atoms with Gasteiger partial charge in [-0.25, -0.2) is 4.39 Å². The van der Waals surface area contributed by atoms with E-state index in [9.17, 15) is 4.39 Å². The Balaban J connectivity index is 2.30. The molecule has 0 aromatic heterocycles. The van der Waals surface area contributed by atoms with Crippen LogP contribution in [0, 0.1) is 5.82 Å². The number of ether oxygens (including phenoxy) is 1. The molecule has 19 heavy (non-hydrogen) atoms. The Morgan fingerprint density at radius 2 is 2.32 bits per heavy atom. The molecular formula is C15H19BrFNO. The van der Waals surface area contributed by atoms with Gasteiger partial charge in [0.25, 0.3) is 0 Å². The zero-order valence-electron chi connectivity index (χ0n) is 11.1. The first-order chi connectivity index (χ1) is 9.22. The predicted octanol–water partition coefficient (Wildman–Crippen LogP) is 4.32. The topological polar surface area (TPSA) is 21.3 Å². The number of hydrogen-bond donors (Lipinski definition) is 1. The summed E-state index contributed by atoms with van der Waals surface area (Å²) in [6.07, 6.45) is 4.87. The smallest absolute Gasteiger partial charge is 0.123 e. The highest BCUT2D eigenvalue weighted by atomic mass is 79.9. The molecule has 0 saturated heterocycles. The third kappa shape index (κ3) is 3.80. The summed E-state index contributed by atoms with van der Waals surface area (Å²) in [5.41, 5.74) is 2.12. The number of halogens is 2. The summed E-state index contributed by atoms with van der Waals surface area (Å²) in [6, 6.07) is 4.84. The molecule has 1 heterocycles. The van der Waals surface area contributed by atoms with Gasteiger partial charge in [-0.2, -0.15) is 0 Å². The molecule has 1 aliphatic rings. The van der Waals surface area contributed by atoms with E-state index in [4.69, 9.17) is 4.74 Å². The summed E-state index contributed by atoms with van der Waals surface area (Å²) in [5.74, 6) is -0.209. The molecule has 0 aliphatic carbocycles. The van der Waals surface area contributed by atoms with Crippen molar-refractivity contribution < 1.29 is 9.13 Å². The van der Waals surface area contributed by atoms with Gasteiger partial charge in [-0.3, -0.25) is 0 Å². The molecule has 0 amide bonds. The second kappa shape index (κ2) is 7.06. The fourth-order valence-corrected chi connectivity index (χ4v) is 2.74. The van der Waals surface area contributed by atoms with Gasteiger partial charge >= 0.3 is 0 Å². The molecule has 1 atom stereocenters. The van der Waals surface area contributed by atoms with Crippen LogP contribution in [-0.2, 0) is 4.74 Å². The van der Waals surface area contributed by atoms with Crippen LogP contribution in [0.2, 0.25) is 0 Å². The number of rotatable bonds is 5. The number of nitrogens with one attached hydrogen (secondary N) is 1. The van der Waals surface area contributed by atoms with Gasteiger partial charge in [0.05, 0.1) is 18.9 Å². The lowest BCUT2D eigenvalue weighted by molar-refractivity contribution is 0.219. The Morgan fingerprint density at radius 3 is 3.00 bits per heavy atom. The van der Waals surface area contributed by atoms with Crippen LogP contribution in [0.25, 0.3) is 0 Å². The summed E-state index contributed by atoms with van der Waals surface area (Å²) in [4.78, 5) is 0. The van der Waals surface area contributed by atoms with Gasteiger partial charge in [0, 0.05) is 4.47 Å². The summed E-state index contributed by atoms with van der Waals surface area (Å²) >= 11 is 3.51. The molecule has 0 saturated carbocycles. The quantitative estimate of drug-likeness (QED) is 0.869. The fourth-order valence-electron chi connectivity index (χ4n) is 2.26. The SMILES string of the molecule is CCCNC(C1=COCCC1)c1cc(F)ccc1Br. The molecule has 2 nitrogen and oxygen atoms in total. The Kier molecular flexibility index (Phi) is 5.40. The first kappa shape index (κ1) is 14.5. The van der Waals surface area contributed by atoms with Crippen LogP contribution in [0.3, 0.4) is 0 Å². The first-order valence-corrected chi connectivity index (χ1v) is 7.50. The molecule has 1 aromatic rings. The molecule has 1 aromatic carbocycles. The molecule has 0 bridgehead atoms. The minimum atomic E-state index is -0.209. The second-order valence-corrected chi connectivity index (χ2v) is 5.57. The summed E-state index contributed by atoms with van der Waals surface area (Å²) in [5, 5.41) is 3.48. The van der Waals surface area contributed by atoms with Gasteiger partial charge in [-0.15, -0.1) is 0 Å². The van der Waals surface area contributed by atoms with Crippen LogP contribution in [0.5, 0.6) is 0 Å². The Bertz CT molecular complexity index is 461. The Labute approximate surface area is 122 Å². The lowest BCUT2D eigenvalue weighted by Crippen LogP contribution is -2.25. The highest BCUT2D eigenvalue weighted by molar-refractivity contribution is 9.10. The highest BCUT2D eigenvalue weighted by Crippen LogP contribution is 2.32. The molecule has 1 N–H and O–H groups in total. The van der Waals surface area contributed by atoms with Crippen molar-refractivity contribution in [3.05, 3.63) is 45.9 Å². The van der Waals surface area contributed by atoms with Crippen LogP contribution < -0.4 is 5.32 Å². The van der Waals surface area contributed by atoms with Gasteiger partial charge < -0.3 is 10.1 Å². The van der Waals surface area contributed by atoms with Crippen molar-refractivity contribution >= 4 is 15.9 Å². The van der Waals surface area contributed by atoms with E-state index in [1.54, 1.807) is 12.1 Å². The minimum absolute atomic E-state index is 0.0188. The van der Waals surface area contributed by atoms with Crippen molar-refractivity contribution in [2.45, 2.75) is 32.2 Å². The van der Waals surface area contributed by atoms with Crippen LogP contribution in [0.4, 0.5) is 4.39 Å². The van der Waals surface area contributed by atoms with Crippen LogP contribution >= 0.6 is 15.9 Å². The summed E-state index contributed by atoms with van der Waals surface area (Å²) < 4.78 is 19.8. The molecule has 104 valence electrons. The minimum Gasteiger partial charge on any atom is -0.501 e. The van der Waals surface area contributed by atoms with Crippen LogP contribution in [-0.4, -0.2) is 13.2 Å². The second-order valence-electron chi connectivity index (χ2n) is 4.72. The van der Waals surface area contributed by atoms with Gasteiger partial charge in [-0.1, -0.05) is 22.9 Å². The van der Waals surface area contributed by atoms with Crippen molar-refractivity contribution in [1.29, 1.82) is 0 Å². The zero-order chi connectivity index (χ0) is 13.7. The highest BCUT2D eigenvalue weighted by Gasteiger charge is 2.21. The summed E-state index contributed by atoms with van der Waals surface area (Å²) in [7, 11) is 0. The zero-order valence-corrected chi connectivity index (χ0v) is 12.7. The maximum atomic E-state index is 13.5. The molecule has 0 fully saturated rings. The Morgan fingerprint density at radius 1 is 1.47 bits per heavy atom. The maximum Gasteiger partial charge on any atom is 0.123 e. The average Bonchev–Trinajstić information content (AvgIpc) is 2.44. The van der Waals surface area contributed by atoms with Gasteiger partial charge in [-0.05, 0) is 55.1 Å². The summed E-state index contributed by atoms with van der Waals surface area (Å²) in [6.45, 7) is 3.79. The number of benzene rings is 1. The molecular weight excluding hydrogens is 309 g/mol. The lowest BCUT2D eigenvalue weighted by atomic mass is 9.95. The molecule has 4 heteroatoms. The molecule has 2 rings (SSSR count). The van der Waals surface area contributed by atoms with E-state index in [1.165, 1.54) is 11.6 Å². The van der Waals surface area contributed by atoms with E-state index < -0.39 is 0 Å². The van der Waals surface area contributed by atoms with Crippen LogP contribution in [0.1, 0.15) is 37.8 Å². The van der Waals surface area contributed by atoms with Crippen molar-refractivity contribution in [1.82, 2.24) is 5.32 Å². The monoisotopic (exact) mass is 327 g/mol. The standard InChI is InChI=1S/C15H19BrFNO/c1-2-7-18-15(11-4-3-8-19-10-11)13-9-12(17)5-6-14(13)16/h5-6,9-10,15,18H,2-4,7-8H2,1H3. The van der Waals surface area contributed by atoms with Gasteiger partial charge in [0.15, 0.2) is 0 Å². The third-order valence-corrected chi connectivity index (χ3v) is 3.92. The van der Waals surface area contributed by atoms with Gasteiger partial charge in [0.1, 0.15) is 5.82 Å². The predicted molar refractivity (Wildman–Crippen MR) is 78.4 cm³/mol. The van der Waals surface area contributed by atoms with E-state index in [0.717, 1.165) is 42.5 Å². The van der Waals surface area contributed by atoms with E-state index in [-0.39, 0.29) is 11.9 Å². The Hall–Kier alpha value is -0.870. The molecule has 0 spiro atoms. The molecule has 0 radical (unpaired) electrons. The van der Waals surface area contributed by atoms with Gasteiger partial charge in [0.2, 0.25) is 0 Å². The average molecular weight is 328 g/mol. The fraction of sp³-hybridized carbons (Fsp3) is 0.467. The largest absolute Gasteiger partial charge is 0.501 e. The van der Waals surface area contributed by atoms with Crippen LogP contribution in [0.15, 0.2) is 34.5 Å². The third-order valence-electron chi connectivity index (χ3n) is 3.20. The van der Waals surface area contributed by atoms with E-state index in [2.05, 4.69) is 28.2 Å². The van der Waals surface area contributed by atoms with E-state index in [0.29, 0.717) is 0 Å². The maximum absolute atomic E-state index is 13.5. The lowest BCUT2D eigenvalue weighted by Gasteiger charge is -2.25.